The minimum atomic E-state index is -0.258. The molecular weight excluding hydrogens is 438 g/mol. The maximum absolute atomic E-state index is 12.8. The van der Waals surface area contributed by atoms with E-state index in [-0.39, 0.29) is 23.7 Å². The molecular formula is C29H31N3O3. The van der Waals surface area contributed by atoms with Crippen LogP contribution in [0.4, 0.5) is 0 Å². The Bertz CT molecular complexity index is 1220. The number of nitrogens with one attached hydrogen (secondary N) is 1. The highest BCUT2D eigenvalue weighted by molar-refractivity contribution is 5.92. The molecule has 6 nitrogen and oxygen atoms in total. The average Bonchev–Trinajstić information content (AvgIpc) is 3.38. The molecule has 2 atom stereocenters. The number of ether oxygens (including phenoxy) is 1. The number of hydrogen-bond donors (Lipinski definition) is 1. The van der Waals surface area contributed by atoms with Crippen LogP contribution < -0.4 is 10.1 Å². The number of methoxy groups -OCH3 is 1. The van der Waals surface area contributed by atoms with Crippen LogP contribution in [0.25, 0.3) is 0 Å². The summed E-state index contributed by atoms with van der Waals surface area (Å²) in [4.78, 5) is 19.6. The molecule has 0 aliphatic heterocycles. The normalized spacial score (nSPS) is 12.8. The lowest BCUT2D eigenvalue weighted by molar-refractivity contribution is 0.0934. The zero-order valence-electron chi connectivity index (χ0n) is 20.3. The first-order chi connectivity index (χ1) is 17.0. The van der Waals surface area contributed by atoms with Crippen molar-refractivity contribution in [3.05, 3.63) is 119 Å². The van der Waals surface area contributed by atoms with Gasteiger partial charge in [-0.15, -0.1) is 0 Å². The van der Waals surface area contributed by atoms with Gasteiger partial charge in [-0.2, -0.15) is 0 Å². The quantitative estimate of drug-likeness (QED) is 0.311. The zero-order chi connectivity index (χ0) is 24.6. The lowest BCUT2D eigenvalue weighted by atomic mass is 10.1. The molecule has 1 amide bonds. The molecule has 1 N–H and O–H groups in total. The molecule has 0 aliphatic rings. The van der Waals surface area contributed by atoms with Crippen molar-refractivity contribution in [2.45, 2.75) is 39.0 Å². The summed E-state index contributed by atoms with van der Waals surface area (Å²) in [6, 6.07) is 28.2. The number of hydrogen-bond acceptors (Lipinski definition) is 5. The van der Waals surface area contributed by atoms with Gasteiger partial charge in [0.15, 0.2) is 5.69 Å². The second-order valence-electron chi connectivity index (χ2n) is 8.58. The number of benzene rings is 3. The van der Waals surface area contributed by atoms with Gasteiger partial charge in [0.25, 0.3) is 5.91 Å². The molecule has 4 aromatic rings. The van der Waals surface area contributed by atoms with Crippen molar-refractivity contribution in [2.75, 3.05) is 7.11 Å². The van der Waals surface area contributed by atoms with Gasteiger partial charge in [-0.1, -0.05) is 72.8 Å². The van der Waals surface area contributed by atoms with Crippen molar-refractivity contribution < 1.29 is 13.9 Å². The molecule has 0 unspecified atom stereocenters. The van der Waals surface area contributed by atoms with Crippen molar-refractivity contribution in [2.24, 2.45) is 0 Å². The summed E-state index contributed by atoms with van der Waals surface area (Å²) in [5.74, 6) is 1.05. The molecule has 0 radical (unpaired) electrons. The second-order valence-corrected chi connectivity index (χ2v) is 8.58. The number of oxazole rings is 1. The van der Waals surface area contributed by atoms with Crippen LogP contribution in [-0.4, -0.2) is 22.9 Å². The summed E-state index contributed by atoms with van der Waals surface area (Å²) in [6.45, 7) is 5.23. The molecule has 0 aliphatic carbocycles. The van der Waals surface area contributed by atoms with Crippen molar-refractivity contribution in [3.8, 4) is 5.75 Å². The smallest absolute Gasteiger partial charge is 0.273 e. The second kappa shape index (κ2) is 11.5. The van der Waals surface area contributed by atoms with E-state index < -0.39 is 0 Å². The van der Waals surface area contributed by atoms with E-state index >= 15 is 0 Å². The molecule has 0 saturated carbocycles. The van der Waals surface area contributed by atoms with Crippen LogP contribution in [0.2, 0.25) is 0 Å². The molecule has 3 aromatic carbocycles. The molecule has 180 valence electrons. The fourth-order valence-electron chi connectivity index (χ4n) is 4.03. The third kappa shape index (κ3) is 6.37. The van der Waals surface area contributed by atoms with Gasteiger partial charge in [-0.05, 0) is 42.7 Å². The van der Waals surface area contributed by atoms with Crippen molar-refractivity contribution in [3.63, 3.8) is 0 Å². The fourth-order valence-corrected chi connectivity index (χ4v) is 4.03. The molecule has 6 heteroatoms. The Morgan fingerprint density at radius 1 is 0.943 bits per heavy atom. The van der Waals surface area contributed by atoms with Gasteiger partial charge in [-0.3, -0.25) is 9.69 Å². The van der Waals surface area contributed by atoms with Gasteiger partial charge in [0.1, 0.15) is 12.0 Å². The van der Waals surface area contributed by atoms with Gasteiger partial charge >= 0.3 is 0 Å². The lowest BCUT2D eigenvalue weighted by Gasteiger charge is -2.28. The Balaban J connectivity index is 1.50. The number of carbonyl (C=O) groups excluding carboxylic acids is 1. The Morgan fingerprint density at radius 3 is 2.31 bits per heavy atom. The van der Waals surface area contributed by atoms with E-state index in [1.807, 2.05) is 73.7 Å². The van der Waals surface area contributed by atoms with Crippen molar-refractivity contribution in [1.29, 1.82) is 0 Å². The molecule has 1 aromatic heterocycles. The number of aromatic nitrogens is 1. The van der Waals surface area contributed by atoms with Crippen LogP contribution in [0.1, 0.15) is 59.0 Å². The first-order valence-electron chi connectivity index (χ1n) is 11.8. The highest BCUT2D eigenvalue weighted by atomic mass is 16.5. The topological polar surface area (TPSA) is 67.6 Å². The van der Waals surface area contributed by atoms with Gasteiger partial charge < -0.3 is 14.5 Å². The maximum atomic E-state index is 12.8. The summed E-state index contributed by atoms with van der Waals surface area (Å²) in [7, 11) is 1.67. The van der Waals surface area contributed by atoms with E-state index in [4.69, 9.17) is 9.15 Å². The average molecular weight is 470 g/mol. The molecule has 35 heavy (non-hydrogen) atoms. The van der Waals surface area contributed by atoms with E-state index in [2.05, 4.69) is 40.3 Å². The third-order valence-electron chi connectivity index (χ3n) is 6.12. The predicted octanol–water partition coefficient (Wildman–Crippen LogP) is 5.94. The van der Waals surface area contributed by atoms with Crippen molar-refractivity contribution >= 4 is 5.91 Å². The number of nitrogens with zero attached hydrogens (tertiary/aromatic N) is 2. The third-order valence-corrected chi connectivity index (χ3v) is 6.12. The van der Waals surface area contributed by atoms with E-state index in [0.29, 0.717) is 19.0 Å². The van der Waals surface area contributed by atoms with E-state index in [9.17, 15) is 4.79 Å². The number of rotatable bonds is 10. The monoisotopic (exact) mass is 469 g/mol. The lowest BCUT2D eigenvalue weighted by Crippen LogP contribution is -2.28. The Morgan fingerprint density at radius 2 is 1.63 bits per heavy atom. The van der Waals surface area contributed by atoms with Crippen LogP contribution in [0, 0.1) is 0 Å². The molecule has 0 bridgehead atoms. The molecule has 0 spiro atoms. The summed E-state index contributed by atoms with van der Waals surface area (Å²) < 4.78 is 11.1. The SMILES string of the molecule is COc1cccc(CN(Cc2nc(C(=O)N[C@@H](C)c3ccccc3)co2)[C@@H](C)c2ccccc2)c1. The predicted molar refractivity (Wildman–Crippen MR) is 136 cm³/mol. The van der Waals surface area contributed by atoms with Gasteiger partial charge in [0.05, 0.1) is 19.7 Å². The standard InChI is InChI=1S/C29H31N3O3/c1-21(24-12-6-4-7-13-24)30-29(33)27-20-35-28(31-27)19-32(22(2)25-14-8-5-9-15-25)18-23-11-10-16-26(17-23)34-3/h4-17,20-22H,18-19H2,1-3H3,(H,30,33)/t21-,22-/m0/s1. The van der Waals surface area contributed by atoms with Crippen LogP contribution in [-0.2, 0) is 13.1 Å². The summed E-state index contributed by atoms with van der Waals surface area (Å²) >= 11 is 0. The van der Waals surface area contributed by atoms with Crippen LogP contribution in [0.15, 0.2) is 95.6 Å². The first-order valence-corrected chi connectivity index (χ1v) is 11.8. The van der Waals surface area contributed by atoms with Gasteiger partial charge in [0.2, 0.25) is 5.89 Å². The molecule has 1 heterocycles. The van der Waals surface area contributed by atoms with E-state index in [1.54, 1.807) is 7.11 Å². The van der Waals surface area contributed by atoms with Gasteiger partial charge in [0, 0.05) is 12.6 Å². The Kier molecular flexibility index (Phi) is 7.95. The highest BCUT2D eigenvalue weighted by Gasteiger charge is 2.21. The summed E-state index contributed by atoms with van der Waals surface area (Å²) in [5.41, 5.74) is 3.62. The highest BCUT2D eigenvalue weighted by Crippen LogP contribution is 2.26. The summed E-state index contributed by atoms with van der Waals surface area (Å²) in [6.07, 6.45) is 1.43. The largest absolute Gasteiger partial charge is 0.497 e. The summed E-state index contributed by atoms with van der Waals surface area (Å²) in [5, 5.41) is 2.99. The first kappa shape index (κ1) is 24.2. The number of amides is 1. The van der Waals surface area contributed by atoms with Gasteiger partial charge in [-0.25, -0.2) is 4.98 Å². The molecule has 0 saturated heterocycles. The van der Waals surface area contributed by atoms with E-state index in [0.717, 1.165) is 16.9 Å². The number of carbonyl (C=O) groups is 1. The van der Waals surface area contributed by atoms with Crippen LogP contribution in [0.5, 0.6) is 5.75 Å². The minimum absolute atomic E-state index is 0.102. The Hall–Kier alpha value is -3.90. The molecule has 0 fully saturated rings. The van der Waals surface area contributed by atoms with Crippen LogP contribution in [0.3, 0.4) is 0 Å². The van der Waals surface area contributed by atoms with Crippen LogP contribution >= 0.6 is 0 Å². The maximum Gasteiger partial charge on any atom is 0.273 e. The fraction of sp³-hybridized carbons (Fsp3) is 0.241. The van der Waals surface area contributed by atoms with Crippen molar-refractivity contribution in [1.82, 2.24) is 15.2 Å². The van der Waals surface area contributed by atoms with E-state index in [1.165, 1.54) is 11.8 Å². The zero-order valence-corrected chi connectivity index (χ0v) is 20.3. The minimum Gasteiger partial charge on any atom is -0.497 e. The Labute approximate surface area is 206 Å². The molecule has 4 rings (SSSR count).